The maximum Gasteiger partial charge on any atom is 0.0646 e. The summed E-state index contributed by atoms with van der Waals surface area (Å²) in [6.45, 7) is 5.12. The average Bonchev–Trinajstić information content (AvgIpc) is 2.57. The molecule has 122 valence electrons. The van der Waals surface area contributed by atoms with E-state index in [-0.39, 0.29) is 0 Å². The van der Waals surface area contributed by atoms with Gasteiger partial charge in [-0.25, -0.2) is 0 Å². The third kappa shape index (κ3) is 4.26. The van der Waals surface area contributed by atoms with Gasteiger partial charge in [0, 0.05) is 37.6 Å². The molecule has 0 amide bonds. The van der Waals surface area contributed by atoms with Crippen LogP contribution >= 0.6 is 0 Å². The van der Waals surface area contributed by atoms with Crippen LogP contribution in [0, 0.1) is 12.8 Å². The second-order valence-corrected chi connectivity index (χ2v) is 6.87. The van der Waals surface area contributed by atoms with E-state index < -0.39 is 0 Å². The molecule has 0 aromatic carbocycles. The quantitative estimate of drug-likeness (QED) is 0.907. The summed E-state index contributed by atoms with van der Waals surface area (Å²) in [5.41, 5.74) is 2.36. The monoisotopic (exact) mass is 303 g/mol. The Morgan fingerprint density at radius 2 is 1.77 bits per heavy atom. The van der Waals surface area contributed by atoms with Crippen molar-refractivity contribution in [2.75, 3.05) is 19.8 Å². The summed E-state index contributed by atoms with van der Waals surface area (Å²) >= 11 is 0. The summed E-state index contributed by atoms with van der Waals surface area (Å²) in [6.07, 6.45) is 12.6. The van der Waals surface area contributed by atoms with E-state index >= 15 is 0 Å². The van der Waals surface area contributed by atoms with E-state index in [4.69, 9.17) is 4.74 Å². The summed E-state index contributed by atoms with van der Waals surface area (Å²) in [6, 6.07) is 0.687. The molecule has 1 aromatic rings. The zero-order chi connectivity index (χ0) is 15.2. The first-order valence-corrected chi connectivity index (χ1v) is 8.91. The highest BCUT2D eigenvalue weighted by Crippen LogP contribution is 2.36. The Bertz CT molecular complexity index is 451. The van der Waals surface area contributed by atoms with Crippen molar-refractivity contribution in [1.29, 1.82) is 0 Å². The smallest absolute Gasteiger partial charge is 0.0646 e. The summed E-state index contributed by atoms with van der Waals surface area (Å²) in [7, 11) is 0. The lowest BCUT2D eigenvalue weighted by Gasteiger charge is -2.29. The molecule has 0 radical (unpaired) electrons. The molecule has 2 heterocycles. The summed E-state index contributed by atoms with van der Waals surface area (Å²) in [5, 5.41) is 3.72. The van der Waals surface area contributed by atoms with Crippen LogP contribution in [-0.2, 0) is 4.74 Å². The highest BCUT2D eigenvalue weighted by atomic mass is 16.5. The number of rotatable bonds is 5. The van der Waals surface area contributed by atoms with E-state index in [0.29, 0.717) is 12.0 Å². The third-order valence-electron chi connectivity index (χ3n) is 5.36. The van der Waals surface area contributed by atoms with Gasteiger partial charge >= 0.3 is 0 Å². The SMILES string of the molecule is Cc1nccnc1[C@H]1CC[C@@H](CCNC2CCOCC2)CC1. The van der Waals surface area contributed by atoms with Crippen molar-refractivity contribution in [1.82, 2.24) is 15.3 Å². The van der Waals surface area contributed by atoms with Crippen LogP contribution in [0.3, 0.4) is 0 Å². The molecule has 0 unspecified atom stereocenters. The molecule has 2 aliphatic rings. The minimum atomic E-state index is 0.633. The van der Waals surface area contributed by atoms with Crippen molar-refractivity contribution in [2.45, 2.75) is 63.8 Å². The molecule has 1 aliphatic carbocycles. The molecular weight excluding hydrogens is 274 g/mol. The molecule has 0 bridgehead atoms. The third-order valence-corrected chi connectivity index (χ3v) is 5.36. The minimum Gasteiger partial charge on any atom is -0.381 e. The van der Waals surface area contributed by atoms with Crippen molar-refractivity contribution < 1.29 is 4.74 Å². The van der Waals surface area contributed by atoms with Gasteiger partial charge in [0.1, 0.15) is 0 Å². The summed E-state index contributed by atoms with van der Waals surface area (Å²) in [5.74, 6) is 1.52. The number of hydrogen-bond acceptors (Lipinski definition) is 4. The predicted octanol–water partition coefficient (Wildman–Crippen LogP) is 3.22. The minimum absolute atomic E-state index is 0.633. The first kappa shape index (κ1) is 15.9. The van der Waals surface area contributed by atoms with Gasteiger partial charge in [0.2, 0.25) is 0 Å². The van der Waals surface area contributed by atoms with E-state index in [1.54, 1.807) is 6.20 Å². The molecule has 3 rings (SSSR count). The molecule has 4 heteroatoms. The van der Waals surface area contributed by atoms with Crippen molar-refractivity contribution in [2.24, 2.45) is 5.92 Å². The molecule has 1 aliphatic heterocycles. The number of ether oxygens (including phenoxy) is 1. The van der Waals surface area contributed by atoms with Crippen molar-refractivity contribution >= 4 is 0 Å². The fraction of sp³-hybridized carbons (Fsp3) is 0.778. The van der Waals surface area contributed by atoms with Crippen LogP contribution in [0.4, 0.5) is 0 Å². The van der Waals surface area contributed by atoms with Crippen LogP contribution in [0.25, 0.3) is 0 Å². The highest BCUT2D eigenvalue weighted by molar-refractivity contribution is 5.14. The van der Waals surface area contributed by atoms with E-state index in [0.717, 1.165) is 24.8 Å². The lowest BCUT2D eigenvalue weighted by molar-refractivity contribution is 0.0775. The standard InChI is InChI=1S/C18H29N3O/c1-14-18(21-11-10-19-14)16-4-2-15(3-5-16)6-9-20-17-7-12-22-13-8-17/h10-11,15-17,20H,2-9,12-13H2,1H3/t15-,16+. The Labute approximate surface area is 134 Å². The van der Waals surface area contributed by atoms with Gasteiger partial charge in [-0.05, 0) is 64.3 Å². The van der Waals surface area contributed by atoms with Gasteiger partial charge < -0.3 is 10.1 Å². The first-order valence-electron chi connectivity index (χ1n) is 8.91. The number of hydrogen-bond donors (Lipinski definition) is 1. The van der Waals surface area contributed by atoms with Crippen molar-refractivity contribution in [3.05, 3.63) is 23.8 Å². The number of aromatic nitrogens is 2. The van der Waals surface area contributed by atoms with E-state index in [9.17, 15) is 0 Å². The van der Waals surface area contributed by atoms with Crippen LogP contribution < -0.4 is 5.32 Å². The Morgan fingerprint density at radius 1 is 1.05 bits per heavy atom. The fourth-order valence-electron chi connectivity index (χ4n) is 3.94. The lowest BCUT2D eigenvalue weighted by Crippen LogP contribution is -2.36. The van der Waals surface area contributed by atoms with E-state index in [2.05, 4.69) is 22.2 Å². The zero-order valence-electron chi connectivity index (χ0n) is 13.8. The molecule has 1 saturated heterocycles. The second-order valence-electron chi connectivity index (χ2n) is 6.87. The van der Waals surface area contributed by atoms with Gasteiger partial charge in [0.05, 0.1) is 11.4 Å². The van der Waals surface area contributed by atoms with E-state index in [1.807, 2.05) is 6.20 Å². The fourth-order valence-corrected chi connectivity index (χ4v) is 3.94. The maximum atomic E-state index is 5.41. The van der Waals surface area contributed by atoms with E-state index in [1.165, 1.54) is 57.2 Å². The molecule has 1 aromatic heterocycles. The summed E-state index contributed by atoms with van der Waals surface area (Å²) < 4.78 is 5.41. The number of nitrogens with one attached hydrogen (secondary N) is 1. The van der Waals surface area contributed by atoms with Crippen LogP contribution in [0.15, 0.2) is 12.4 Å². The molecule has 2 fully saturated rings. The highest BCUT2D eigenvalue weighted by Gasteiger charge is 2.24. The van der Waals surface area contributed by atoms with Crippen LogP contribution in [0.2, 0.25) is 0 Å². The van der Waals surface area contributed by atoms with Crippen LogP contribution in [-0.4, -0.2) is 35.8 Å². The molecule has 22 heavy (non-hydrogen) atoms. The zero-order valence-corrected chi connectivity index (χ0v) is 13.8. The Hall–Kier alpha value is -1.00. The number of nitrogens with zero attached hydrogens (tertiary/aromatic N) is 2. The molecule has 1 N–H and O–H groups in total. The van der Waals surface area contributed by atoms with Crippen LogP contribution in [0.1, 0.15) is 62.3 Å². The molecule has 0 atom stereocenters. The lowest BCUT2D eigenvalue weighted by atomic mass is 9.78. The Morgan fingerprint density at radius 3 is 2.50 bits per heavy atom. The van der Waals surface area contributed by atoms with Gasteiger partial charge in [0.25, 0.3) is 0 Å². The molecule has 1 saturated carbocycles. The average molecular weight is 303 g/mol. The molecule has 0 spiro atoms. The summed E-state index contributed by atoms with van der Waals surface area (Å²) in [4.78, 5) is 8.96. The number of aryl methyl sites for hydroxylation is 1. The molecular formula is C18H29N3O. The first-order chi connectivity index (χ1) is 10.8. The Balaban J connectivity index is 1.37. The van der Waals surface area contributed by atoms with Gasteiger partial charge in [0.15, 0.2) is 0 Å². The normalized spacial score (nSPS) is 27.0. The van der Waals surface area contributed by atoms with Gasteiger partial charge in [-0.1, -0.05) is 0 Å². The van der Waals surface area contributed by atoms with Gasteiger partial charge in [-0.15, -0.1) is 0 Å². The second kappa shape index (κ2) is 8.02. The van der Waals surface area contributed by atoms with Gasteiger partial charge in [-0.2, -0.15) is 0 Å². The van der Waals surface area contributed by atoms with Gasteiger partial charge in [-0.3, -0.25) is 9.97 Å². The maximum absolute atomic E-state index is 5.41. The Kier molecular flexibility index (Phi) is 5.79. The molecule has 4 nitrogen and oxygen atoms in total. The largest absolute Gasteiger partial charge is 0.381 e. The van der Waals surface area contributed by atoms with Crippen molar-refractivity contribution in [3.63, 3.8) is 0 Å². The topological polar surface area (TPSA) is 47.0 Å². The predicted molar refractivity (Wildman–Crippen MR) is 87.9 cm³/mol. The van der Waals surface area contributed by atoms with Crippen LogP contribution in [0.5, 0.6) is 0 Å². The van der Waals surface area contributed by atoms with Crippen molar-refractivity contribution in [3.8, 4) is 0 Å².